The largest absolute Gasteiger partial charge is 0.493 e. The van der Waals surface area contributed by atoms with Gasteiger partial charge in [-0.1, -0.05) is 63.1 Å². The van der Waals surface area contributed by atoms with E-state index in [-0.39, 0.29) is 18.2 Å². The van der Waals surface area contributed by atoms with E-state index >= 15 is 0 Å². The van der Waals surface area contributed by atoms with Crippen molar-refractivity contribution in [1.29, 1.82) is 0 Å². The van der Waals surface area contributed by atoms with Crippen molar-refractivity contribution >= 4 is 30.4 Å². The van der Waals surface area contributed by atoms with Crippen LogP contribution in [0.1, 0.15) is 45.1 Å². The normalized spacial score (nSPS) is 16.1. The van der Waals surface area contributed by atoms with Gasteiger partial charge in [0.2, 0.25) is 11.8 Å². The lowest BCUT2D eigenvalue weighted by atomic mass is 9.94. The summed E-state index contributed by atoms with van der Waals surface area (Å²) in [6.45, 7) is 3.77. The van der Waals surface area contributed by atoms with Crippen molar-refractivity contribution < 1.29 is 29.0 Å². The van der Waals surface area contributed by atoms with Crippen LogP contribution in [0.5, 0.6) is 11.5 Å². The number of hydrogen-bond donors (Lipinski definition) is 4. The summed E-state index contributed by atoms with van der Waals surface area (Å²) in [7, 11) is 3.15. The van der Waals surface area contributed by atoms with Crippen LogP contribution in [0.15, 0.2) is 42.5 Å². The zero-order chi connectivity index (χ0) is 27.2. The van der Waals surface area contributed by atoms with E-state index in [1.165, 1.54) is 0 Å². The summed E-state index contributed by atoms with van der Waals surface area (Å²) in [5, 5.41) is 14.9. The minimum Gasteiger partial charge on any atom is -0.493 e. The molecular formula is C28H36N2O6S. The van der Waals surface area contributed by atoms with Crippen molar-refractivity contribution in [1.82, 2.24) is 10.6 Å². The second-order valence-corrected chi connectivity index (χ2v) is 10.3. The van der Waals surface area contributed by atoms with Gasteiger partial charge in [-0.3, -0.25) is 9.59 Å². The predicted octanol–water partition coefficient (Wildman–Crippen LogP) is 3.87. The van der Waals surface area contributed by atoms with Crippen molar-refractivity contribution in [2.24, 2.45) is 5.92 Å². The fourth-order valence-corrected chi connectivity index (χ4v) is 4.73. The van der Waals surface area contributed by atoms with Crippen LogP contribution in [0.4, 0.5) is 0 Å². The Bertz CT molecular complexity index is 1110. The minimum atomic E-state index is -1.14. The maximum absolute atomic E-state index is 13.3. The highest BCUT2D eigenvalue weighted by Crippen LogP contribution is 2.38. The number of benzene rings is 2. The fraction of sp³-hybridized carbons (Fsp3) is 0.464. The van der Waals surface area contributed by atoms with Crippen LogP contribution in [-0.4, -0.2) is 53.9 Å². The average Bonchev–Trinajstić information content (AvgIpc) is 3.37. The Labute approximate surface area is 223 Å². The number of methoxy groups -OCH3 is 2. The molecule has 1 fully saturated rings. The molecule has 0 spiro atoms. The molecule has 2 aromatic rings. The van der Waals surface area contributed by atoms with Crippen molar-refractivity contribution in [3.8, 4) is 22.6 Å². The highest BCUT2D eigenvalue weighted by atomic mass is 32.1. The van der Waals surface area contributed by atoms with Gasteiger partial charge in [0.25, 0.3) is 0 Å². The van der Waals surface area contributed by atoms with Gasteiger partial charge >= 0.3 is 5.97 Å². The monoisotopic (exact) mass is 528 g/mol. The lowest BCUT2D eigenvalue weighted by Gasteiger charge is -2.32. The molecule has 3 N–H and O–H groups in total. The van der Waals surface area contributed by atoms with Crippen LogP contribution in [0, 0.1) is 5.92 Å². The summed E-state index contributed by atoms with van der Waals surface area (Å²) in [4.78, 5) is 38.1. The number of rotatable bonds is 11. The van der Waals surface area contributed by atoms with Gasteiger partial charge in [-0.05, 0) is 36.0 Å². The van der Waals surface area contributed by atoms with Gasteiger partial charge in [0.15, 0.2) is 11.5 Å². The Hall–Kier alpha value is -3.20. The van der Waals surface area contributed by atoms with Crippen molar-refractivity contribution in [3.05, 3.63) is 48.0 Å². The number of carboxylic acids is 1. The Morgan fingerprint density at radius 1 is 1.03 bits per heavy atom. The molecule has 1 aliphatic rings. The number of aliphatic carboxylic acids is 1. The number of thiol groups is 1. The fourth-order valence-electron chi connectivity index (χ4n) is 4.67. The van der Waals surface area contributed by atoms with E-state index < -0.39 is 28.7 Å². The number of carbonyl (C=O) groups excluding carboxylic acids is 2. The molecule has 0 radical (unpaired) electrons. The second kappa shape index (κ2) is 12.4. The van der Waals surface area contributed by atoms with Gasteiger partial charge in [0, 0.05) is 12.0 Å². The molecule has 1 saturated carbocycles. The first kappa shape index (κ1) is 28.4. The summed E-state index contributed by atoms with van der Waals surface area (Å²) >= 11 is 4.37. The number of carboxylic acid groups (broad SMARTS) is 1. The molecule has 2 aromatic carbocycles. The molecule has 3 rings (SSSR count). The molecule has 9 heteroatoms. The van der Waals surface area contributed by atoms with Gasteiger partial charge in [-0.15, -0.1) is 0 Å². The average molecular weight is 529 g/mol. The molecule has 2 amide bonds. The van der Waals surface area contributed by atoms with E-state index in [1.54, 1.807) is 14.2 Å². The van der Waals surface area contributed by atoms with E-state index in [9.17, 15) is 19.5 Å². The molecule has 1 aliphatic carbocycles. The Balaban J connectivity index is 1.75. The molecule has 0 aliphatic heterocycles. The number of amides is 2. The Morgan fingerprint density at radius 3 is 2.22 bits per heavy atom. The summed E-state index contributed by atoms with van der Waals surface area (Å²) < 4.78 is 10.9. The van der Waals surface area contributed by atoms with Crippen LogP contribution in [0.3, 0.4) is 0 Å². The van der Waals surface area contributed by atoms with E-state index in [2.05, 4.69) is 23.3 Å². The minimum absolute atomic E-state index is 0.00321. The maximum atomic E-state index is 13.3. The molecular weight excluding hydrogens is 492 g/mol. The van der Waals surface area contributed by atoms with Gasteiger partial charge in [0.05, 0.1) is 19.5 Å². The van der Waals surface area contributed by atoms with Crippen LogP contribution in [0.25, 0.3) is 11.1 Å². The number of para-hydroxylation sites is 1. The maximum Gasteiger partial charge on any atom is 0.326 e. The van der Waals surface area contributed by atoms with E-state index in [1.807, 2.05) is 56.3 Å². The lowest BCUT2D eigenvalue weighted by Crippen LogP contribution is -2.61. The summed E-state index contributed by atoms with van der Waals surface area (Å²) in [5.41, 5.74) is 1.36. The zero-order valence-corrected chi connectivity index (χ0v) is 22.6. The van der Waals surface area contributed by atoms with Gasteiger partial charge in [-0.2, -0.15) is 12.6 Å². The number of ether oxygens (including phenoxy) is 2. The van der Waals surface area contributed by atoms with E-state index in [0.29, 0.717) is 24.3 Å². The third-order valence-electron chi connectivity index (χ3n) is 6.87. The summed E-state index contributed by atoms with van der Waals surface area (Å²) in [5.74, 6) is -0.697. The first-order valence-electron chi connectivity index (χ1n) is 12.5. The second-order valence-electron chi connectivity index (χ2n) is 9.77. The number of hydrogen-bond acceptors (Lipinski definition) is 6. The van der Waals surface area contributed by atoms with Gasteiger partial charge < -0.3 is 25.2 Å². The first-order chi connectivity index (χ1) is 17.6. The highest BCUT2D eigenvalue weighted by Gasteiger charge is 2.44. The summed E-state index contributed by atoms with van der Waals surface area (Å²) in [6, 6.07) is 11.9. The van der Waals surface area contributed by atoms with Crippen LogP contribution in [0.2, 0.25) is 0 Å². The number of nitrogens with one attached hydrogen (secondary N) is 2. The van der Waals surface area contributed by atoms with Crippen LogP contribution < -0.4 is 20.1 Å². The molecule has 2 unspecified atom stereocenters. The molecule has 0 bridgehead atoms. The first-order valence-corrected chi connectivity index (χ1v) is 13.0. The van der Waals surface area contributed by atoms with Gasteiger partial charge in [-0.25, -0.2) is 4.79 Å². The highest BCUT2D eigenvalue weighted by molar-refractivity contribution is 7.81. The van der Waals surface area contributed by atoms with Crippen LogP contribution in [-0.2, 0) is 20.8 Å². The third kappa shape index (κ3) is 6.57. The predicted molar refractivity (Wildman–Crippen MR) is 145 cm³/mol. The van der Waals surface area contributed by atoms with E-state index in [4.69, 9.17) is 9.47 Å². The molecule has 0 saturated heterocycles. The SMILES string of the molecule is COc1cccc(-c2ccc(CC(NC(=O)C3(NC(=O)C(S)C(C)C)CCCC3)C(=O)O)cc2)c1OC. The summed E-state index contributed by atoms with van der Waals surface area (Å²) in [6.07, 6.45) is 2.58. The van der Waals surface area contributed by atoms with Crippen molar-refractivity contribution in [2.45, 2.75) is 62.8 Å². The molecule has 200 valence electrons. The topological polar surface area (TPSA) is 114 Å². The quantitative estimate of drug-likeness (QED) is 0.329. The molecule has 8 nitrogen and oxygen atoms in total. The molecule has 0 heterocycles. The Morgan fingerprint density at radius 2 is 1.68 bits per heavy atom. The van der Waals surface area contributed by atoms with Gasteiger partial charge in [0.1, 0.15) is 11.6 Å². The third-order valence-corrected chi connectivity index (χ3v) is 7.70. The molecule has 37 heavy (non-hydrogen) atoms. The lowest BCUT2D eigenvalue weighted by molar-refractivity contribution is -0.143. The van der Waals surface area contributed by atoms with Crippen molar-refractivity contribution in [2.75, 3.05) is 14.2 Å². The van der Waals surface area contributed by atoms with Crippen LogP contribution >= 0.6 is 12.6 Å². The standard InChI is InChI=1S/C28H36N2O6S/c1-17(2)24(37)25(31)30-28(14-5-6-15-28)27(34)29-21(26(32)33)16-18-10-12-19(13-11-18)20-8-7-9-22(35-3)23(20)36-4/h7-13,17,21,24,37H,5-6,14-16H2,1-4H3,(H,29,34)(H,30,31)(H,32,33). The molecule has 0 aromatic heterocycles. The molecule has 2 atom stereocenters. The zero-order valence-electron chi connectivity index (χ0n) is 21.7. The van der Waals surface area contributed by atoms with Crippen molar-refractivity contribution in [3.63, 3.8) is 0 Å². The number of carbonyl (C=O) groups is 3. The van der Waals surface area contributed by atoms with E-state index in [0.717, 1.165) is 29.5 Å². The smallest absolute Gasteiger partial charge is 0.326 e. The Kier molecular flexibility index (Phi) is 9.48.